The van der Waals surface area contributed by atoms with Gasteiger partial charge in [0.2, 0.25) is 4.77 Å². The molecule has 3 rings (SSSR count). The van der Waals surface area contributed by atoms with E-state index in [2.05, 4.69) is 10.1 Å². The molecule has 22 heavy (non-hydrogen) atoms. The molecule has 0 amide bonds. The van der Waals surface area contributed by atoms with Crippen molar-refractivity contribution in [1.82, 2.24) is 9.66 Å². The van der Waals surface area contributed by atoms with Crippen LogP contribution in [0.1, 0.15) is 5.56 Å². The number of rotatable bonds is 2. The van der Waals surface area contributed by atoms with Gasteiger partial charge in [0, 0.05) is 5.56 Å². The van der Waals surface area contributed by atoms with Gasteiger partial charge in [0.05, 0.1) is 27.2 Å². The third-order valence-electron chi connectivity index (χ3n) is 3.09. The van der Waals surface area contributed by atoms with E-state index in [9.17, 15) is 4.79 Å². The van der Waals surface area contributed by atoms with Crippen molar-refractivity contribution in [3.8, 4) is 0 Å². The summed E-state index contributed by atoms with van der Waals surface area (Å²) in [5.41, 5.74) is 0.888. The van der Waals surface area contributed by atoms with Crippen LogP contribution in [0.5, 0.6) is 0 Å². The monoisotopic (exact) mass is 349 g/mol. The molecule has 0 aliphatic rings. The van der Waals surface area contributed by atoms with Crippen molar-refractivity contribution in [3.63, 3.8) is 0 Å². The van der Waals surface area contributed by atoms with Crippen molar-refractivity contribution in [2.75, 3.05) is 0 Å². The van der Waals surface area contributed by atoms with Crippen molar-refractivity contribution >= 4 is 52.5 Å². The van der Waals surface area contributed by atoms with Gasteiger partial charge >= 0.3 is 0 Å². The zero-order chi connectivity index (χ0) is 15.7. The van der Waals surface area contributed by atoms with E-state index in [-0.39, 0.29) is 10.3 Å². The van der Waals surface area contributed by atoms with Crippen LogP contribution in [-0.4, -0.2) is 15.9 Å². The fourth-order valence-electron chi connectivity index (χ4n) is 2.01. The molecule has 110 valence electrons. The third kappa shape index (κ3) is 2.70. The minimum absolute atomic E-state index is 0.197. The van der Waals surface area contributed by atoms with Gasteiger partial charge in [-0.2, -0.15) is 9.78 Å². The zero-order valence-corrected chi connectivity index (χ0v) is 13.4. The molecule has 0 unspecified atom stereocenters. The summed E-state index contributed by atoms with van der Waals surface area (Å²) in [4.78, 5) is 15.4. The number of H-pyrrole nitrogens is 1. The lowest BCUT2D eigenvalue weighted by Crippen LogP contribution is -2.18. The van der Waals surface area contributed by atoms with Gasteiger partial charge < -0.3 is 4.98 Å². The summed E-state index contributed by atoms with van der Waals surface area (Å²) in [5, 5.41) is 5.51. The highest BCUT2D eigenvalue weighted by atomic mass is 35.5. The van der Waals surface area contributed by atoms with Crippen molar-refractivity contribution in [3.05, 3.63) is 73.2 Å². The number of nitrogens with one attached hydrogen (secondary N) is 1. The van der Waals surface area contributed by atoms with E-state index in [1.807, 2.05) is 6.07 Å². The summed E-state index contributed by atoms with van der Waals surface area (Å²) >= 11 is 17.3. The Labute approximate surface area is 140 Å². The van der Waals surface area contributed by atoms with Gasteiger partial charge in [-0.25, -0.2) is 0 Å². The van der Waals surface area contributed by atoms with E-state index >= 15 is 0 Å². The van der Waals surface area contributed by atoms with E-state index in [0.717, 1.165) is 4.68 Å². The van der Waals surface area contributed by atoms with E-state index in [1.165, 1.54) is 6.21 Å². The van der Waals surface area contributed by atoms with Gasteiger partial charge in [-0.15, -0.1) is 0 Å². The fourth-order valence-corrected chi connectivity index (χ4v) is 2.74. The summed E-state index contributed by atoms with van der Waals surface area (Å²) in [6, 6.07) is 12.2. The average molecular weight is 350 g/mol. The maximum atomic E-state index is 12.4. The first-order valence-electron chi connectivity index (χ1n) is 6.30. The molecule has 2 aromatic carbocycles. The number of nitrogens with zero attached hydrogens (tertiary/aromatic N) is 2. The number of fused-ring (bicyclic) bond motifs is 1. The third-order valence-corrected chi connectivity index (χ3v) is 4.02. The molecule has 0 aliphatic heterocycles. The number of benzene rings is 2. The predicted molar refractivity (Wildman–Crippen MR) is 92.8 cm³/mol. The molecule has 0 bridgehead atoms. The fraction of sp³-hybridized carbons (Fsp3) is 0. The van der Waals surface area contributed by atoms with Crippen LogP contribution < -0.4 is 5.56 Å². The van der Waals surface area contributed by atoms with E-state index in [1.54, 1.807) is 36.4 Å². The summed E-state index contributed by atoms with van der Waals surface area (Å²) in [5.74, 6) is 0. The molecule has 3 aromatic rings. The molecule has 0 saturated carbocycles. The van der Waals surface area contributed by atoms with Crippen LogP contribution >= 0.6 is 35.4 Å². The highest BCUT2D eigenvalue weighted by molar-refractivity contribution is 7.71. The molecule has 0 saturated heterocycles. The molecule has 7 heteroatoms. The summed E-state index contributed by atoms with van der Waals surface area (Å²) in [6.45, 7) is 0. The molecular weight excluding hydrogens is 341 g/mol. The minimum atomic E-state index is -0.307. The van der Waals surface area contributed by atoms with Crippen molar-refractivity contribution in [2.45, 2.75) is 0 Å². The SMILES string of the molecule is O=c1c2ccccc2[nH]c(=S)n1N=Cc1c(Cl)cccc1Cl. The first-order valence-corrected chi connectivity index (χ1v) is 7.47. The van der Waals surface area contributed by atoms with Gasteiger partial charge in [-0.3, -0.25) is 4.79 Å². The van der Waals surface area contributed by atoms with Crippen LogP contribution in [-0.2, 0) is 0 Å². The van der Waals surface area contributed by atoms with Crippen molar-refractivity contribution < 1.29 is 0 Å². The second kappa shape index (κ2) is 6.04. The Hall–Kier alpha value is -1.95. The molecule has 1 aromatic heterocycles. The van der Waals surface area contributed by atoms with Crippen LogP contribution in [0.25, 0.3) is 10.9 Å². The number of halogens is 2. The van der Waals surface area contributed by atoms with Crippen LogP contribution in [0, 0.1) is 4.77 Å². The second-order valence-electron chi connectivity index (χ2n) is 4.47. The van der Waals surface area contributed by atoms with Gasteiger partial charge in [0.15, 0.2) is 0 Å². The Morgan fingerprint density at radius 2 is 1.77 bits per heavy atom. The maximum absolute atomic E-state index is 12.4. The second-order valence-corrected chi connectivity index (χ2v) is 5.67. The number of para-hydroxylation sites is 1. The molecule has 0 radical (unpaired) electrons. The predicted octanol–water partition coefficient (Wildman–Crippen LogP) is 4.25. The van der Waals surface area contributed by atoms with E-state index < -0.39 is 0 Å². The Morgan fingerprint density at radius 3 is 2.50 bits per heavy atom. The van der Waals surface area contributed by atoms with Gasteiger partial charge in [-0.05, 0) is 36.5 Å². The van der Waals surface area contributed by atoms with E-state index in [0.29, 0.717) is 26.5 Å². The lowest BCUT2D eigenvalue weighted by Gasteiger charge is -2.03. The smallest absolute Gasteiger partial charge is 0.282 e. The maximum Gasteiger partial charge on any atom is 0.282 e. The molecular formula is C15H9Cl2N3OS. The molecule has 0 atom stereocenters. The molecule has 1 heterocycles. The Balaban J connectivity index is 2.18. The zero-order valence-electron chi connectivity index (χ0n) is 11.1. The van der Waals surface area contributed by atoms with E-state index in [4.69, 9.17) is 35.4 Å². The number of hydrogen-bond acceptors (Lipinski definition) is 3. The number of aromatic nitrogens is 2. The lowest BCUT2D eigenvalue weighted by molar-refractivity contribution is 0.800. The van der Waals surface area contributed by atoms with Gasteiger partial charge in [0.1, 0.15) is 0 Å². The lowest BCUT2D eigenvalue weighted by atomic mass is 10.2. The first kappa shape index (κ1) is 15.0. The van der Waals surface area contributed by atoms with Crippen molar-refractivity contribution in [1.29, 1.82) is 0 Å². The summed E-state index contributed by atoms with van der Waals surface area (Å²) in [6.07, 6.45) is 1.42. The van der Waals surface area contributed by atoms with Crippen molar-refractivity contribution in [2.24, 2.45) is 5.10 Å². The Morgan fingerprint density at radius 1 is 1.09 bits per heavy atom. The van der Waals surface area contributed by atoms with Crippen LogP contribution in [0.3, 0.4) is 0 Å². The number of aromatic amines is 1. The largest absolute Gasteiger partial charge is 0.330 e. The Kier molecular flexibility index (Phi) is 4.11. The standard InChI is InChI=1S/C15H9Cl2N3OS/c16-11-5-3-6-12(17)10(11)8-18-20-14(21)9-4-1-2-7-13(9)19-15(20)22/h1-8H,(H,19,22). The topological polar surface area (TPSA) is 50.1 Å². The molecule has 0 fully saturated rings. The van der Waals surface area contributed by atoms with Crippen LogP contribution in [0.15, 0.2) is 52.4 Å². The highest BCUT2D eigenvalue weighted by Crippen LogP contribution is 2.22. The van der Waals surface area contributed by atoms with Crippen LogP contribution in [0.2, 0.25) is 10.0 Å². The van der Waals surface area contributed by atoms with Crippen LogP contribution in [0.4, 0.5) is 0 Å². The van der Waals surface area contributed by atoms with Gasteiger partial charge in [-0.1, -0.05) is 41.4 Å². The molecule has 1 N–H and O–H groups in total. The normalized spacial score (nSPS) is 11.4. The molecule has 4 nitrogen and oxygen atoms in total. The summed E-state index contributed by atoms with van der Waals surface area (Å²) < 4.78 is 1.31. The highest BCUT2D eigenvalue weighted by Gasteiger charge is 2.05. The number of hydrogen-bond donors (Lipinski definition) is 1. The molecule has 0 aliphatic carbocycles. The minimum Gasteiger partial charge on any atom is -0.330 e. The quantitative estimate of drug-likeness (QED) is 0.555. The Bertz CT molecular complexity index is 987. The molecule has 0 spiro atoms. The first-order chi connectivity index (χ1) is 10.6. The van der Waals surface area contributed by atoms with Gasteiger partial charge in [0.25, 0.3) is 5.56 Å². The summed E-state index contributed by atoms with van der Waals surface area (Å²) in [7, 11) is 0. The average Bonchev–Trinajstić information content (AvgIpc) is 2.49.